The number of rotatable bonds is 30. The van der Waals surface area contributed by atoms with Gasteiger partial charge in [-0.15, -0.1) is 0 Å². The third-order valence-electron chi connectivity index (χ3n) is 6.85. The molecule has 8 nitrogen and oxygen atoms in total. The van der Waals surface area contributed by atoms with Crippen LogP contribution in [0.1, 0.15) is 142 Å². The number of phosphoric ester groups is 1. The average molecular weight is 641 g/mol. The summed E-state index contributed by atoms with van der Waals surface area (Å²) in [7, 11) is -4.75. The highest BCUT2D eigenvalue weighted by molar-refractivity contribution is 7.46. The van der Waals surface area contributed by atoms with Crippen molar-refractivity contribution in [2.24, 2.45) is 0 Å². The van der Waals surface area contributed by atoms with Gasteiger partial charge in [-0.2, -0.15) is 0 Å². The van der Waals surface area contributed by atoms with E-state index in [2.05, 4.69) is 60.9 Å². The Morgan fingerprint density at radius 1 is 0.591 bits per heavy atom. The maximum Gasteiger partial charge on any atom is 0.469 e. The first-order chi connectivity index (χ1) is 21.3. The van der Waals surface area contributed by atoms with E-state index in [0.29, 0.717) is 12.8 Å². The van der Waals surface area contributed by atoms with Crippen LogP contribution in [0.4, 0.5) is 0 Å². The van der Waals surface area contributed by atoms with Crippen LogP contribution in [0.5, 0.6) is 0 Å². The first kappa shape index (κ1) is 42.0. The number of hydrogen-bond donors (Lipinski definition) is 2. The van der Waals surface area contributed by atoms with Gasteiger partial charge in [0.15, 0.2) is 6.10 Å². The fourth-order valence-corrected chi connectivity index (χ4v) is 4.66. The van der Waals surface area contributed by atoms with Crippen molar-refractivity contribution in [3.63, 3.8) is 0 Å². The Bertz CT molecular complexity index is 859. The summed E-state index contributed by atoms with van der Waals surface area (Å²) in [6.07, 6.45) is 35.6. The van der Waals surface area contributed by atoms with E-state index in [0.717, 1.165) is 44.9 Å². The monoisotopic (exact) mass is 640 g/mol. The SMILES string of the molecule is CCCCC/C=C/C/C=C/C/C=C/C/C=C/CCCC(=O)OC[C@H](COP(=O)(O)O)OC(=O)CCCCCCCCCCC. The van der Waals surface area contributed by atoms with Gasteiger partial charge >= 0.3 is 19.8 Å². The largest absolute Gasteiger partial charge is 0.469 e. The topological polar surface area (TPSA) is 119 Å². The molecule has 0 aromatic heterocycles. The summed E-state index contributed by atoms with van der Waals surface area (Å²) in [5, 5.41) is 0. The van der Waals surface area contributed by atoms with Crippen LogP contribution in [0.25, 0.3) is 0 Å². The Labute approximate surface area is 267 Å². The van der Waals surface area contributed by atoms with Crippen molar-refractivity contribution in [3.05, 3.63) is 48.6 Å². The van der Waals surface area contributed by atoms with Crippen molar-refractivity contribution in [2.75, 3.05) is 13.2 Å². The summed E-state index contributed by atoms with van der Waals surface area (Å²) in [5.74, 6) is -0.958. The van der Waals surface area contributed by atoms with Gasteiger partial charge in [0, 0.05) is 12.8 Å². The molecule has 0 aliphatic heterocycles. The van der Waals surface area contributed by atoms with Crippen molar-refractivity contribution in [1.29, 1.82) is 0 Å². The minimum Gasteiger partial charge on any atom is -0.462 e. The van der Waals surface area contributed by atoms with Gasteiger partial charge in [0.25, 0.3) is 0 Å². The number of allylic oxidation sites excluding steroid dienone is 8. The standard InChI is InChI=1S/C35H61O8P/c1-3-5-7-9-11-13-14-15-16-17-18-19-20-22-23-25-27-29-34(36)41-31-33(32-42-44(38,39)40)43-35(37)30-28-26-24-21-12-10-8-6-4-2/h11,13,15-16,18-19,22-23,33H,3-10,12,14,17,20-21,24-32H2,1-2H3,(H2,38,39,40)/b13-11+,16-15+,19-18+,23-22+/t33-/m1/s1. The smallest absolute Gasteiger partial charge is 0.462 e. The lowest BCUT2D eigenvalue weighted by Crippen LogP contribution is -2.29. The second kappa shape index (κ2) is 31.0. The van der Waals surface area contributed by atoms with E-state index < -0.39 is 32.5 Å². The second-order valence-electron chi connectivity index (χ2n) is 11.1. The van der Waals surface area contributed by atoms with E-state index in [1.165, 1.54) is 57.8 Å². The van der Waals surface area contributed by atoms with Crippen LogP contribution in [0.15, 0.2) is 48.6 Å². The third kappa shape index (κ3) is 32.9. The Morgan fingerprint density at radius 2 is 1.05 bits per heavy atom. The van der Waals surface area contributed by atoms with Crippen LogP contribution < -0.4 is 0 Å². The summed E-state index contributed by atoms with van der Waals surface area (Å²) < 4.78 is 26.1. The molecule has 0 bridgehead atoms. The van der Waals surface area contributed by atoms with Gasteiger partial charge in [0.2, 0.25) is 0 Å². The summed E-state index contributed by atoms with van der Waals surface area (Å²) in [6, 6.07) is 0. The van der Waals surface area contributed by atoms with E-state index in [4.69, 9.17) is 19.3 Å². The Balaban J connectivity index is 4.11. The van der Waals surface area contributed by atoms with Crippen molar-refractivity contribution in [3.8, 4) is 0 Å². The molecule has 0 radical (unpaired) electrons. The van der Waals surface area contributed by atoms with Crippen LogP contribution in [0.3, 0.4) is 0 Å². The summed E-state index contributed by atoms with van der Waals surface area (Å²) in [6.45, 7) is 3.55. The molecule has 0 aromatic carbocycles. The van der Waals surface area contributed by atoms with Gasteiger partial charge in [-0.05, 0) is 51.4 Å². The van der Waals surface area contributed by atoms with Crippen molar-refractivity contribution in [1.82, 2.24) is 0 Å². The number of esters is 2. The van der Waals surface area contributed by atoms with Gasteiger partial charge in [-0.1, -0.05) is 127 Å². The normalized spacial score (nSPS) is 13.1. The molecule has 0 rings (SSSR count). The van der Waals surface area contributed by atoms with Gasteiger partial charge in [0.05, 0.1) is 6.61 Å². The van der Waals surface area contributed by atoms with E-state index in [1.807, 2.05) is 6.08 Å². The van der Waals surface area contributed by atoms with E-state index in [-0.39, 0.29) is 19.4 Å². The molecular formula is C35H61O8P. The molecule has 0 amide bonds. The predicted octanol–water partition coefficient (Wildman–Crippen LogP) is 9.62. The molecule has 0 aromatic rings. The predicted molar refractivity (Wildman–Crippen MR) is 179 cm³/mol. The molecule has 0 fully saturated rings. The lowest BCUT2D eigenvalue weighted by atomic mass is 10.1. The second-order valence-corrected chi connectivity index (χ2v) is 12.4. The lowest BCUT2D eigenvalue weighted by molar-refractivity contribution is -0.161. The first-order valence-corrected chi connectivity index (χ1v) is 18.5. The highest BCUT2D eigenvalue weighted by atomic mass is 31.2. The number of carbonyl (C=O) groups is 2. The Morgan fingerprint density at radius 3 is 1.59 bits per heavy atom. The molecule has 0 aliphatic rings. The molecule has 1 atom stereocenters. The van der Waals surface area contributed by atoms with E-state index >= 15 is 0 Å². The number of unbranched alkanes of at least 4 members (excludes halogenated alkanes) is 12. The molecule has 0 unspecified atom stereocenters. The molecule has 44 heavy (non-hydrogen) atoms. The zero-order valence-corrected chi connectivity index (χ0v) is 28.4. The molecule has 0 spiro atoms. The van der Waals surface area contributed by atoms with E-state index in [9.17, 15) is 14.2 Å². The quantitative estimate of drug-likeness (QED) is 0.0345. The molecule has 0 aliphatic carbocycles. The molecule has 2 N–H and O–H groups in total. The minimum absolute atomic E-state index is 0.191. The summed E-state index contributed by atoms with van der Waals surface area (Å²) >= 11 is 0. The Kier molecular flexibility index (Phi) is 29.6. The van der Waals surface area contributed by atoms with Gasteiger partial charge in [-0.3, -0.25) is 14.1 Å². The van der Waals surface area contributed by atoms with Gasteiger partial charge in [0.1, 0.15) is 6.61 Å². The lowest BCUT2D eigenvalue weighted by Gasteiger charge is -2.18. The van der Waals surface area contributed by atoms with Crippen molar-refractivity contribution >= 4 is 19.8 Å². The zero-order chi connectivity index (χ0) is 32.6. The van der Waals surface area contributed by atoms with Crippen LogP contribution in [0.2, 0.25) is 0 Å². The maximum atomic E-state index is 12.2. The Hall–Kier alpha value is -1.99. The van der Waals surface area contributed by atoms with Gasteiger partial charge < -0.3 is 19.3 Å². The number of phosphoric acid groups is 1. The van der Waals surface area contributed by atoms with Gasteiger partial charge in [-0.25, -0.2) is 4.57 Å². The minimum atomic E-state index is -4.75. The van der Waals surface area contributed by atoms with Crippen LogP contribution >= 0.6 is 7.82 Å². The first-order valence-electron chi connectivity index (χ1n) is 16.9. The van der Waals surface area contributed by atoms with Crippen LogP contribution in [-0.2, 0) is 28.2 Å². The number of hydrogen-bond acceptors (Lipinski definition) is 6. The zero-order valence-electron chi connectivity index (χ0n) is 27.5. The van der Waals surface area contributed by atoms with Crippen molar-refractivity contribution in [2.45, 2.75) is 148 Å². The summed E-state index contributed by atoms with van der Waals surface area (Å²) in [4.78, 5) is 42.4. The van der Waals surface area contributed by atoms with Crippen LogP contribution in [-0.4, -0.2) is 41.0 Å². The fraction of sp³-hybridized carbons (Fsp3) is 0.714. The number of ether oxygens (including phenoxy) is 2. The fourth-order valence-electron chi connectivity index (χ4n) is 4.30. The maximum absolute atomic E-state index is 12.2. The molecular weight excluding hydrogens is 579 g/mol. The summed E-state index contributed by atoms with van der Waals surface area (Å²) in [5.41, 5.74) is 0. The molecule has 9 heteroatoms. The van der Waals surface area contributed by atoms with Crippen molar-refractivity contribution < 1.29 is 37.9 Å². The molecule has 0 saturated heterocycles. The van der Waals surface area contributed by atoms with E-state index in [1.54, 1.807) is 0 Å². The number of carbonyl (C=O) groups excluding carboxylic acids is 2. The molecule has 254 valence electrons. The molecule has 0 saturated carbocycles. The highest BCUT2D eigenvalue weighted by Crippen LogP contribution is 2.35. The average Bonchev–Trinajstić information content (AvgIpc) is 2.98. The third-order valence-corrected chi connectivity index (χ3v) is 7.34. The molecule has 0 heterocycles. The van der Waals surface area contributed by atoms with Crippen LogP contribution in [0, 0.1) is 0 Å². The highest BCUT2D eigenvalue weighted by Gasteiger charge is 2.22.